The summed E-state index contributed by atoms with van der Waals surface area (Å²) in [7, 11) is 4.23. The fraction of sp³-hybridized carbons (Fsp3) is 0.444. The molecule has 2 nitrogen and oxygen atoms in total. The van der Waals surface area contributed by atoms with Crippen LogP contribution in [0, 0.1) is 0 Å². The molecule has 1 aliphatic carbocycles. The molecule has 0 bridgehead atoms. The fourth-order valence-corrected chi connectivity index (χ4v) is 3.75. The van der Waals surface area contributed by atoms with E-state index in [4.69, 9.17) is 4.74 Å². The van der Waals surface area contributed by atoms with Crippen molar-refractivity contribution in [2.75, 3.05) is 20.6 Å². The smallest absolute Gasteiger partial charge is 0.134 e. The Kier molecular flexibility index (Phi) is 6.36. The number of benzene rings is 1. The lowest BCUT2D eigenvalue weighted by Crippen LogP contribution is -2.18. The van der Waals surface area contributed by atoms with E-state index < -0.39 is 0 Å². The number of hydrogen-bond acceptors (Lipinski definition) is 3. The van der Waals surface area contributed by atoms with Crippen LogP contribution in [0.1, 0.15) is 34.9 Å². The summed E-state index contributed by atoms with van der Waals surface area (Å²) in [5, 5.41) is 2.14. The lowest BCUT2D eigenvalue weighted by atomic mass is 10.1. The first-order chi connectivity index (χ1) is 10.2. The molecule has 0 saturated carbocycles. The maximum absolute atomic E-state index is 6.44. The molecule has 2 aromatic rings. The highest BCUT2D eigenvalue weighted by Gasteiger charge is 2.20. The van der Waals surface area contributed by atoms with Crippen LogP contribution < -0.4 is 4.74 Å². The van der Waals surface area contributed by atoms with Crippen LogP contribution in [0.4, 0.5) is 0 Å². The lowest BCUT2D eigenvalue weighted by Gasteiger charge is -2.21. The first kappa shape index (κ1) is 17.4. The quantitative estimate of drug-likeness (QED) is 0.775. The van der Waals surface area contributed by atoms with E-state index in [-0.39, 0.29) is 19.6 Å². The summed E-state index contributed by atoms with van der Waals surface area (Å²) in [5.41, 5.74) is 2.91. The highest BCUT2D eigenvalue weighted by atomic mass is 32.1. The van der Waals surface area contributed by atoms with Gasteiger partial charge in [-0.05, 0) is 62.0 Å². The molecule has 1 heterocycles. The molecule has 0 aliphatic heterocycles. The van der Waals surface area contributed by atoms with Gasteiger partial charge in [-0.15, -0.1) is 11.3 Å². The van der Waals surface area contributed by atoms with Crippen molar-refractivity contribution in [2.24, 2.45) is 0 Å². The molecule has 0 unspecified atom stereocenters. The maximum atomic E-state index is 6.44. The van der Waals surface area contributed by atoms with Crippen molar-refractivity contribution >= 4 is 24.8 Å². The van der Waals surface area contributed by atoms with Crippen LogP contribution in [0.2, 0.25) is 0 Å². The van der Waals surface area contributed by atoms with E-state index in [9.17, 15) is 0 Å². The van der Waals surface area contributed by atoms with Gasteiger partial charge in [-0.25, -0.2) is 0 Å². The fourth-order valence-electron chi connectivity index (χ4n) is 2.96. The van der Waals surface area contributed by atoms with Gasteiger partial charge in [0.05, 0.1) is 0 Å². The molecular weight excluding hydrogens is 310 g/mol. The maximum Gasteiger partial charge on any atom is 0.134 e. The molecule has 22 heavy (non-hydrogen) atoms. The van der Waals surface area contributed by atoms with E-state index in [2.05, 4.69) is 54.7 Å². The Morgan fingerprint density at radius 3 is 2.77 bits per heavy atom. The molecule has 1 atom stereocenters. The highest BCUT2D eigenvalue weighted by molar-refractivity contribution is 7.59. The second-order valence-electron chi connectivity index (χ2n) is 5.96. The first-order valence-electron chi connectivity index (χ1n) is 7.69. The van der Waals surface area contributed by atoms with Crippen molar-refractivity contribution < 1.29 is 4.74 Å². The largest absolute Gasteiger partial charge is 0.485 e. The third-order valence-electron chi connectivity index (χ3n) is 4.07. The minimum atomic E-state index is 0. The normalized spacial score (nSPS) is 14.5. The van der Waals surface area contributed by atoms with Gasteiger partial charge >= 0.3 is 0 Å². The Bertz CT molecular complexity index is 581. The summed E-state index contributed by atoms with van der Waals surface area (Å²) in [4.78, 5) is 3.55. The van der Waals surface area contributed by atoms with Crippen molar-refractivity contribution in [3.8, 4) is 5.75 Å². The number of fused-ring (bicyclic) bond motifs is 1. The van der Waals surface area contributed by atoms with Gasteiger partial charge < -0.3 is 9.64 Å². The zero-order chi connectivity index (χ0) is 14.7. The monoisotopic (exact) mass is 335 g/mol. The molecule has 1 aromatic carbocycles. The van der Waals surface area contributed by atoms with Crippen molar-refractivity contribution in [3.63, 3.8) is 0 Å². The van der Waals surface area contributed by atoms with E-state index in [1.807, 2.05) is 0 Å². The standard InChI is InChI=1S/C18H23NOS.H2S/c1-19(2)12-11-17(18-10-5-13-21-18)20-16-9-4-7-14-6-3-8-15(14)16;/h4-5,7,9-10,13,17H,3,6,8,11-12H2,1-2H3;1H2/t17-;/m0./s1. The average molecular weight is 336 g/mol. The van der Waals surface area contributed by atoms with Crippen molar-refractivity contribution in [1.29, 1.82) is 0 Å². The number of hydrogen-bond donors (Lipinski definition) is 0. The highest BCUT2D eigenvalue weighted by Crippen LogP contribution is 2.35. The summed E-state index contributed by atoms with van der Waals surface area (Å²) >= 11 is 1.79. The molecule has 0 radical (unpaired) electrons. The van der Waals surface area contributed by atoms with E-state index in [0.717, 1.165) is 25.1 Å². The molecule has 1 aromatic heterocycles. The summed E-state index contributed by atoms with van der Waals surface area (Å²) in [6, 6.07) is 10.8. The second-order valence-corrected chi connectivity index (χ2v) is 6.94. The Morgan fingerprint density at radius 2 is 2.05 bits per heavy atom. The van der Waals surface area contributed by atoms with Crippen LogP contribution in [0.25, 0.3) is 0 Å². The number of rotatable bonds is 6. The lowest BCUT2D eigenvalue weighted by molar-refractivity contribution is 0.181. The molecule has 0 saturated heterocycles. The second kappa shape index (κ2) is 8.04. The third kappa shape index (κ3) is 4.06. The van der Waals surface area contributed by atoms with Crippen molar-refractivity contribution in [2.45, 2.75) is 31.8 Å². The molecule has 0 N–H and O–H groups in total. The molecule has 0 fully saturated rings. The van der Waals surface area contributed by atoms with Crippen molar-refractivity contribution in [3.05, 3.63) is 51.7 Å². The minimum absolute atomic E-state index is 0. The first-order valence-corrected chi connectivity index (χ1v) is 8.57. The zero-order valence-corrected chi connectivity index (χ0v) is 15.2. The predicted molar refractivity (Wildman–Crippen MR) is 99.7 cm³/mol. The van der Waals surface area contributed by atoms with Crippen LogP contribution >= 0.6 is 24.8 Å². The topological polar surface area (TPSA) is 12.5 Å². The van der Waals surface area contributed by atoms with Gasteiger partial charge in [-0.1, -0.05) is 18.2 Å². The summed E-state index contributed by atoms with van der Waals surface area (Å²) < 4.78 is 6.44. The molecule has 0 spiro atoms. The van der Waals surface area contributed by atoms with Crippen LogP contribution in [-0.2, 0) is 12.8 Å². The van der Waals surface area contributed by atoms with Crippen LogP contribution in [0.3, 0.4) is 0 Å². The van der Waals surface area contributed by atoms with Crippen LogP contribution in [0.15, 0.2) is 35.7 Å². The van der Waals surface area contributed by atoms with Gasteiger partial charge in [0, 0.05) is 17.8 Å². The third-order valence-corrected chi connectivity index (χ3v) is 5.04. The van der Waals surface area contributed by atoms with E-state index in [1.54, 1.807) is 11.3 Å². The van der Waals surface area contributed by atoms with E-state index in [1.165, 1.54) is 28.8 Å². The average Bonchev–Trinajstić information content (AvgIpc) is 3.13. The van der Waals surface area contributed by atoms with Gasteiger partial charge in [0.1, 0.15) is 11.9 Å². The SMILES string of the molecule is CN(C)CC[C@H](Oc1cccc2c1CCC2)c1cccs1.S. The summed E-state index contributed by atoms with van der Waals surface area (Å²) in [6.07, 6.45) is 4.82. The van der Waals surface area contributed by atoms with Crippen LogP contribution in [0.5, 0.6) is 5.75 Å². The summed E-state index contributed by atoms with van der Waals surface area (Å²) in [6.45, 7) is 1.04. The number of ether oxygens (including phenoxy) is 1. The minimum Gasteiger partial charge on any atom is -0.485 e. The van der Waals surface area contributed by atoms with E-state index in [0.29, 0.717) is 0 Å². The molecular formula is C18H25NOS2. The molecule has 4 heteroatoms. The van der Waals surface area contributed by atoms with Crippen molar-refractivity contribution in [1.82, 2.24) is 4.90 Å². The molecule has 120 valence electrons. The molecule has 0 amide bonds. The van der Waals surface area contributed by atoms with Crippen LogP contribution in [-0.4, -0.2) is 25.5 Å². The summed E-state index contributed by atoms with van der Waals surface area (Å²) in [5.74, 6) is 1.10. The zero-order valence-electron chi connectivity index (χ0n) is 13.3. The Morgan fingerprint density at radius 1 is 1.18 bits per heavy atom. The predicted octanol–water partition coefficient (Wildman–Crippen LogP) is 4.42. The number of aryl methyl sites for hydroxylation is 1. The van der Waals surface area contributed by atoms with Gasteiger partial charge in [-0.3, -0.25) is 0 Å². The number of thiophene rings is 1. The van der Waals surface area contributed by atoms with Gasteiger partial charge in [0.15, 0.2) is 0 Å². The molecule has 3 rings (SSSR count). The molecule has 1 aliphatic rings. The van der Waals surface area contributed by atoms with Gasteiger partial charge in [0.25, 0.3) is 0 Å². The van der Waals surface area contributed by atoms with E-state index >= 15 is 0 Å². The van der Waals surface area contributed by atoms with Gasteiger partial charge in [0.2, 0.25) is 0 Å². The Hall–Kier alpha value is -0.970. The Labute approximate surface area is 144 Å². The van der Waals surface area contributed by atoms with Gasteiger partial charge in [-0.2, -0.15) is 13.5 Å². The Balaban J connectivity index is 0.00000176. The number of nitrogens with zero attached hydrogens (tertiary/aromatic N) is 1.